The molecule has 1 saturated heterocycles. The maximum atomic E-state index is 11.8. The van der Waals surface area contributed by atoms with Gasteiger partial charge in [0.05, 0.1) is 6.07 Å². The number of hydrogen-bond acceptors (Lipinski definition) is 2. The van der Waals surface area contributed by atoms with Gasteiger partial charge in [-0.15, -0.1) is 0 Å². The molecule has 1 aliphatic carbocycles. The van der Waals surface area contributed by atoms with Crippen LogP contribution in [0.15, 0.2) is 0 Å². The van der Waals surface area contributed by atoms with E-state index in [1.54, 1.807) is 0 Å². The molecule has 0 N–H and O–H groups in total. The Labute approximate surface area is 91.1 Å². The average molecular weight is 206 g/mol. The Morgan fingerprint density at radius 2 is 2.00 bits per heavy atom. The molecule has 15 heavy (non-hydrogen) atoms. The smallest absolute Gasteiger partial charge is 0.237 e. The van der Waals surface area contributed by atoms with E-state index >= 15 is 0 Å². The predicted octanol–water partition coefficient (Wildman–Crippen LogP) is 2.08. The Morgan fingerprint density at radius 1 is 1.27 bits per heavy atom. The van der Waals surface area contributed by atoms with Crippen molar-refractivity contribution in [1.29, 1.82) is 5.26 Å². The van der Waals surface area contributed by atoms with Crippen molar-refractivity contribution in [1.82, 2.24) is 4.90 Å². The first-order valence-corrected chi connectivity index (χ1v) is 5.99. The Bertz CT molecular complexity index is 280. The van der Waals surface area contributed by atoms with Gasteiger partial charge >= 0.3 is 0 Å². The molecule has 2 rings (SSSR count). The molecule has 1 heterocycles. The second-order valence-electron chi connectivity index (χ2n) is 4.68. The van der Waals surface area contributed by atoms with Gasteiger partial charge in [0.2, 0.25) is 5.91 Å². The van der Waals surface area contributed by atoms with Gasteiger partial charge in [0, 0.05) is 12.6 Å². The lowest BCUT2D eigenvalue weighted by molar-refractivity contribution is -0.136. The number of likely N-dealkylation sites (tertiary alicyclic amines) is 1. The average Bonchev–Trinajstić information content (AvgIpc) is 2.28. The maximum absolute atomic E-state index is 11.8. The van der Waals surface area contributed by atoms with E-state index in [1.165, 1.54) is 25.7 Å². The van der Waals surface area contributed by atoms with Gasteiger partial charge in [-0.25, -0.2) is 0 Å². The Morgan fingerprint density at radius 3 is 2.80 bits per heavy atom. The van der Waals surface area contributed by atoms with E-state index in [-0.39, 0.29) is 12.3 Å². The van der Waals surface area contributed by atoms with Crippen molar-refractivity contribution >= 4 is 5.91 Å². The van der Waals surface area contributed by atoms with E-state index in [1.807, 2.05) is 11.0 Å². The van der Waals surface area contributed by atoms with Crippen LogP contribution in [0.25, 0.3) is 0 Å². The Hall–Kier alpha value is -1.04. The third kappa shape index (κ3) is 2.14. The quantitative estimate of drug-likeness (QED) is 0.659. The lowest BCUT2D eigenvalue weighted by Gasteiger charge is -2.43. The van der Waals surface area contributed by atoms with E-state index in [0.717, 1.165) is 25.3 Å². The first-order valence-electron chi connectivity index (χ1n) is 5.99. The molecule has 0 bridgehead atoms. The first kappa shape index (κ1) is 10.5. The second-order valence-corrected chi connectivity index (χ2v) is 4.68. The van der Waals surface area contributed by atoms with E-state index in [0.29, 0.717) is 6.04 Å². The van der Waals surface area contributed by atoms with Crippen LogP contribution in [0.5, 0.6) is 0 Å². The molecule has 0 spiro atoms. The van der Waals surface area contributed by atoms with Gasteiger partial charge in [-0.3, -0.25) is 4.79 Å². The zero-order valence-corrected chi connectivity index (χ0v) is 9.11. The SMILES string of the molecule is N#CCC(=O)N1CCCC2CCCCC21. The first-order chi connectivity index (χ1) is 7.33. The Balaban J connectivity index is 2.03. The van der Waals surface area contributed by atoms with Gasteiger partial charge in [-0.2, -0.15) is 5.26 Å². The van der Waals surface area contributed by atoms with Crippen LogP contribution in [-0.2, 0) is 4.79 Å². The molecule has 1 amide bonds. The monoisotopic (exact) mass is 206 g/mol. The van der Waals surface area contributed by atoms with Crippen molar-refractivity contribution in [2.45, 2.75) is 51.0 Å². The predicted molar refractivity (Wildman–Crippen MR) is 56.9 cm³/mol. The summed E-state index contributed by atoms with van der Waals surface area (Å²) in [6.45, 7) is 0.877. The van der Waals surface area contributed by atoms with Gasteiger partial charge in [-0.1, -0.05) is 12.8 Å². The minimum Gasteiger partial charge on any atom is -0.339 e. The number of carbonyl (C=O) groups is 1. The molecule has 3 heteroatoms. The molecule has 0 radical (unpaired) electrons. The molecule has 1 saturated carbocycles. The number of carbonyl (C=O) groups excluding carboxylic acids is 1. The van der Waals surface area contributed by atoms with Crippen LogP contribution >= 0.6 is 0 Å². The van der Waals surface area contributed by atoms with E-state index in [2.05, 4.69) is 0 Å². The summed E-state index contributed by atoms with van der Waals surface area (Å²) in [6, 6.07) is 2.42. The number of hydrogen-bond donors (Lipinski definition) is 0. The van der Waals surface area contributed by atoms with Crippen molar-refractivity contribution in [2.75, 3.05) is 6.54 Å². The summed E-state index contributed by atoms with van der Waals surface area (Å²) in [5, 5.41) is 8.57. The molecule has 2 unspecified atom stereocenters. The summed E-state index contributed by atoms with van der Waals surface area (Å²) in [5.74, 6) is 0.768. The fraction of sp³-hybridized carbons (Fsp3) is 0.833. The lowest BCUT2D eigenvalue weighted by Crippen LogP contribution is -2.49. The summed E-state index contributed by atoms with van der Waals surface area (Å²) in [5.41, 5.74) is 0. The highest BCUT2D eigenvalue weighted by Crippen LogP contribution is 2.35. The molecule has 0 aromatic heterocycles. The Kier molecular flexibility index (Phi) is 3.25. The molecular formula is C12H18N2O. The van der Waals surface area contributed by atoms with Crippen LogP contribution in [0.2, 0.25) is 0 Å². The minimum atomic E-state index is 0.0501. The maximum Gasteiger partial charge on any atom is 0.237 e. The minimum absolute atomic E-state index is 0.0501. The standard InChI is InChI=1S/C12H18N2O/c13-8-7-12(15)14-9-3-5-10-4-1-2-6-11(10)14/h10-11H,1-7,9H2. The topological polar surface area (TPSA) is 44.1 Å². The highest BCUT2D eigenvalue weighted by atomic mass is 16.2. The van der Waals surface area contributed by atoms with Crippen LogP contribution in [-0.4, -0.2) is 23.4 Å². The normalized spacial score (nSPS) is 30.5. The largest absolute Gasteiger partial charge is 0.339 e. The molecule has 3 nitrogen and oxygen atoms in total. The number of rotatable bonds is 1. The third-order valence-corrected chi connectivity index (χ3v) is 3.79. The van der Waals surface area contributed by atoms with Crippen LogP contribution in [0.1, 0.15) is 44.9 Å². The number of piperidine rings is 1. The summed E-state index contributed by atoms with van der Waals surface area (Å²) < 4.78 is 0. The molecule has 2 fully saturated rings. The highest BCUT2D eigenvalue weighted by molar-refractivity contribution is 5.78. The van der Waals surface area contributed by atoms with Crippen LogP contribution < -0.4 is 0 Å². The van der Waals surface area contributed by atoms with Crippen molar-refractivity contribution in [3.8, 4) is 6.07 Å². The zero-order valence-electron chi connectivity index (χ0n) is 9.11. The summed E-state index contributed by atoms with van der Waals surface area (Å²) in [7, 11) is 0. The molecule has 0 aromatic carbocycles. The second kappa shape index (κ2) is 4.65. The van der Waals surface area contributed by atoms with E-state index < -0.39 is 0 Å². The fourth-order valence-electron chi connectivity index (χ4n) is 3.10. The van der Waals surface area contributed by atoms with Crippen molar-refractivity contribution in [2.24, 2.45) is 5.92 Å². The van der Waals surface area contributed by atoms with Gasteiger partial charge in [0.1, 0.15) is 6.42 Å². The molecule has 0 aromatic rings. The zero-order chi connectivity index (χ0) is 10.7. The highest BCUT2D eigenvalue weighted by Gasteiger charge is 2.35. The molecular weight excluding hydrogens is 188 g/mol. The van der Waals surface area contributed by atoms with Crippen molar-refractivity contribution in [3.05, 3.63) is 0 Å². The summed E-state index contributed by atoms with van der Waals surface area (Å²) in [6.07, 6.45) is 7.46. The lowest BCUT2D eigenvalue weighted by atomic mass is 9.78. The number of amides is 1. The van der Waals surface area contributed by atoms with Crippen molar-refractivity contribution < 1.29 is 4.79 Å². The number of fused-ring (bicyclic) bond motifs is 1. The summed E-state index contributed by atoms with van der Waals surface area (Å²) in [4.78, 5) is 13.7. The van der Waals surface area contributed by atoms with Crippen LogP contribution in [0.3, 0.4) is 0 Å². The third-order valence-electron chi connectivity index (χ3n) is 3.79. The van der Waals surface area contributed by atoms with Gasteiger partial charge in [-0.05, 0) is 31.6 Å². The molecule has 2 aliphatic rings. The van der Waals surface area contributed by atoms with Gasteiger partial charge in [0.25, 0.3) is 0 Å². The van der Waals surface area contributed by atoms with Gasteiger partial charge < -0.3 is 4.90 Å². The van der Waals surface area contributed by atoms with E-state index in [9.17, 15) is 4.79 Å². The summed E-state index contributed by atoms with van der Waals surface area (Å²) >= 11 is 0. The number of nitrogens with zero attached hydrogens (tertiary/aromatic N) is 2. The van der Waals surface area contributed by atoms with Gasteiger partial charge in [0.15, 0.2) is 0 Å². The molecule has 1 aliphatic heterocycles. The van der Waals surface area contributed by atoms with E-state index in [4.69, 9.17) is 5.26 Å². The molecule has 82 valence electrons. The van der Waals surface area contributed by atoms with Crippen molar-refractivity contribution in [3.63, 3.8) is 0 Å². The number of nitriles is 1. The van der Waals surface area contributed by atoms with Crippen LogP contribution in [0, 0.1) is 17.2 Å². The van der Waals surface area contributed by atoms with Crippen LogP contribution in [0.4, 0.5) is 0 Å². The fourth-order valence-corrected chi connectivity index (χ4v) is 3.10. The molecule has 2 atom stereocenters.